The van der Waals surface area contributed by atoms with Gasteiger partial charge in [0.25, 0.3) is 0 Å². The van der Waals surface area contributed by atoms with Crippen LogP contribution < -0.4 is 5.32 Å². The van der Waals surface area contributed by atoms with Crippen LogP contribution in [-0.2, 0) is 6.54 Å². The normalized spacial score (nSPS) is 12.4. The lowest BCUT2D eigenvalue weighted by Crippen LogP contribution is -2.20. The average Bonchev–Trinajstić information content (AvgIpc) is 2.41. The molecule has 1 nitrogen and oxygen atoms in total. The molecule has 2 rings (SSSR count). The summed E-state index contributed by atoms with van der Waals surface area (Å²) in [7, 11) is 0. The van der Waals surface area contributed by atoms with Crippen molar-refractivity contribution >= 4 is 23.2 Å². The van der Waals surface area contributed by atoms with Gasteiger partial charge in [0.2, 0.25) is 0 Å². The van der Waals surface area contributed by atoms with Crippen LogP contribution in [0.15, 0.2) is 48.5 Å². The molecule has 0 aromatic heterocycles. The summed E-state index contributed by atoms with van der Waals surface area (Å²) >= 11 is 12.2. The molecule has 0 amide bonds. The molecule has 1 N–H and O–H groups in total. The first-order chi connectivity index (χ1) is 9.20. The second kappa shape index (κ2) is 6.95. The molecule has 0 spiro atoms. The van der Waals surface area contributed by atoms with Crippen LogP contribution in [-0.4, -0.2) is 0 Å². The first kappa shape index (κ1) is 14.4. The summed E-state index contributed by atoms with van der Waals surface area (Å²) in [4.78, 5) is 0. The lowest BCUT2D eigenvalue weighted by Gasteiger charge is -2.18. The predicted octanol–water partition coefficient (Wildman–Crippen LogP) is 5.23. The van der Waals surface area contributed by atoms with Crippen molar-refractivity contribution in [3.05, 3.63) is 69.7 Å². The molecule has 0 heterocycles. The quantitative estimate of drug-likeness (QED) is 0.795. The van der Waals surface area contributed by atoms with E-state index in [1.54, 1.807) is 0 Å². The van der Waals surface area contributed by atoms with Crippen LogP contribution in [0.3, 0.4) is 0 Å². The van der Waals surface area contributed by atoms with E-state index in [9.17, 15) is 0 Å². The molecule has 3 heteroatoms. The first-order valence-corrected chi connectivity index (χ1v) is 7.18. The van der Waals surface area contributed by atoms with Gasteiger partial charge in [-0.1, -0.05) is 60.5 Å². The highest BCUT2D eigenvalue weighted by atomic mass is 35.5. The molecule has 0 saturated heterocycles. The lowest BCUT2D eigenvalue weighted by atomic mass is 10.0. The number of hydrogen-bond donors (Lipinski definition) is 1. The van der Waals surface area contributed by atoms with Gasteiger partial charge >= 0.3 is 0 Å². The van der Waals surface area contributed by atoms with Gasteiger partial charge < -0.3 is 5.32 Å². The molecular formula is C16H17Cl2N. The third-order valence-electron chi connectivity index (χ3n) is 3.16. The highest BCUT2D eigenvalue weighted by Gasteiger charge is 2.09. The fourth-order valence-electron chi connectivity index (χ4n) is 2.10. The molecule has 19 heavy (non-hydrogen) atoms. The van der Waals surface area contributed by atoms with E-state index < -0.39 is 0 Å². The summed E-state index contributed by atoms with van der Waals surface area (Å²) < 4.78 is 0. The third-order valence-corrected chi connectivity index (χ3v) is 3.76. The molecule has 0 fully saturated rings. The zero-order valence-corrected chi connectivity index (χ0v) is 12.4. The van der Waals surface area contributed by atoms with Crippen LogP contribution in [0.1, 0.15) is 30.5 Å². The Morgan fingerprint density at radius 3 is 2.53 bits per heavy atom. The maximum atomic E-state index is 6.16. The molecule has 0 aliphatic carbocycles. The van der Waals surface area contributed by atoms with E-state index in [0.717, 1.165) is 28.6 Å². The predicted molar refractivity (Wildman–Crippen MR) is 82.8 cm³/mol. The minimum absolute atomic E-state index is 0.287. The van der Waals surface area contributed by atoms with Crippen LogP contribution in [0.25, 0.3) is 0 Å². The number of benzene rings is 2. The Labute approximate surface area is 124 Å². The number of halogens is 2. The smallest absolute Gasteiger partial charge is 0.0450 e. The van der Waals surface area contributed by atoms with Gasteiger partial charge in [0.05, 0.1) is 0 Å². The summed E-state index contributed by atoms with van der Waals surface area (Å²) in [5.41, 5.74) is 2.33. The van der Waals surface area contributed by atoms with Crippen molar-refractivity contribution in [3.8, 4) is 0 Å². The van der Waals surface area contributed by atoms with Crippen LogP contribution in [0.2, 0.25) is 10.0 Å². The molecule has 2 aromatic rings. The molecule has 1 unspecified atom stereocenters. The Kier molecular flexibility index (Phi) is 5.26. The lowest BCUT2D eigenvalue weighted by molar-refractivity contribution is 0.519. The highest BCUT2D eigenvalue weighted by molar-refractivity contribution is 6.31. The second-order valence-corrected chi connectivity index (χ2v) is 5.33. The Balaban J connectivity index is 2.06. The Bertz CT molecular complexity index is 540. The minimum Gasteiger partial charge on any atom is -0.306 e. The van der Waals surface area contributed by atoms with Gasteiger partial charge in [-0.25, -0.2) is 0 Å². The third kappa shape index (κ3) is 3.97. The van der Waals surface area contributed by atoms with Gasteiger partial charge in [0.1, 0.15) is 0 Å². The molecule has 0 saturated carbocycles. The van der Waals surface area contributed by atoms with Crippen molar-refractivity contribution in [2.45, 2.75) is 25.9 Å². The highest BCUT2D eigenvalue weighted by Crippen LogP contribution is 2.22. The summed E-state index contributed by atoms with van der Waals surface area (Å²) in [6.45, 7) is 2.91. The van der Waals surface area contributed by atoms with E-state index in [0.29, 0.717) is 0 Å². The fraction of sp³-hybridized carbons (Fsp3) is 0.250. The molecule has 2 aromatic carbocycles. The van der Waals surface area contributed by atoms with Crippen LogP contribution in [0, 0.1) is 0 Å². The van der Waals surface area contributed by atoms with E-state index in [4.69, 9.17) is 23.2 Å². The number of nitrogens with one attached hydrogen (secondary N) is 1. The first-order valence-electron chi connectivity index (χ1n) is 6.43. The van der Waals surface area contributed by atoms with Gasteiger partial charge in [-0.2, -0.15) is 0 Å². The van der Waals surface area contributed by atoms with Crippen molar-refractivity contribution in [3.63, 3.8) is 0 Å². The van der Waals surface area contributed by atoms with Gasteiger partial charge in [-0.05, 0) is 35.7 Å². The standard InChI is InChI=1S/C16H17Cl2N/c1-2-16(12-7-5-8-14(17)10-12)19-11-13-6-3-4-9-15(13)18/h3-10,16,19H,2,11H2,1H3. The Morgan fingerprint density at radius 2 is 1.84 bits per heavy atom. The van der Waals surface area contributed by atoms with E-state index >= 15 is 0 Å². The molecule has 1 atom stereocenters. The Morgan fingerprint density at radius 1 is 1.05 bits per heavy atom. The maximum absolute atomic E-state index is 6.16. The second-order valence-electron chi connectivity index (χ2n) is 4.49. The number of hydrogen-bond acceptors (Lipinski definition) is 1. The molecule has 100 valence electrons. The van der Waals surface area contributed by atoms with Crippen molar-refractivity contribution in [2.24, 2.45) is 0 Å². The van der Waals surface area contributed by atoms with Crippen molar-refractivity contribution in [1.29, 1.82) is 0 Å². The van der Waals surface area contributed by atoms with Crippen LogP contribution in [0.4, 0.5) is 0 Å². The van der Waals surface area contributed by atoms with Gasteiger partial charge in [0, 0.05) is 22.6 Å². The fourth-order valence-corrected chi connectivity index (χ4v) is 2.50. The molecule has 0 bridgehead atoms. The number of rotatable bonds is 5. The summed E-state index contributed by atoms with van der Waals surface area (Å²) in [6, 6.07) is 16.2. The van der Waals surface area contributed by atoms with Crippen LogP contribution in [0.5, 0.6) is 0 Å². The zero-order valence-electron chi connectivity index (χ0n) is 10.9. The molecule has 0 aliphatic rings. The van der Waals surface area contributed by atoms with E-state index in [2.05, 4.69) is 18.3 Å². The van der Waals surface area contributed by atoms with E-state index in [1.807, 2.05) is 42.5 Å². The SMILES string of the molecule is CCC(NCc1ccccc1Cl)c1cccc(Cl)c1. The minimum atomic E-state index is 0.287. The zero-order chi connectivity index (χ0) is 13.7. The van der Waals surface area contributed by atoms with Gasteiger partial charge in [0.15, 0.2) is 0 Å². The summed E-state index contributed by atoms with van der Waals surface area (Å²) in [5.74, 6) is 0. The summed E-state index contributed by atoms with van der Waals surface area (Å²) in [6.07, 6.45) is 1.00. The Hall–Kier alpha value is -1.02. The molecular weight excluding hydrogens is 277 g/mol. The maximum Gasteiger partial charge on any atom is 0.0450 e. The monoisotopic (exact) mass is 293 g/mol. The average molecular weight is 294 g/mol. The van der Waals surface area contributed by atoms with Crippen molar-refractivity contribution in [1.82, 2.24) is 5.32 Å². The van der Waals surface area contributed by atoms with Gasteiger partial charge in [-0.3, -0.25) is 0 Å². The molecule has 0 radical (unpaired) electrons. The van der Waals surface area contributed by atoms with Crippen molar-refractivity contribution < 1.29 is 0 Å². The van der Waals surface area contributed by atoms with E-state index in [1.165, 1.54) is 5.56 Å². The van der Waals surface area contributed by atoms with Crippen molar-refractivity contribution in [2.75, 3.05) is 0 Å². The topological polar surface area (TPSA) is 12.0 Å². The van der Waals surface area contributed by atoms with E-state index in [-0.39, 0.29) is 6.04 Å². The molecule has 0 aliphatic heterocycles. The van der Waals surface area contributed by atoms with Gasteiger partial charge in [-0.15, -0.1) is 0 Å². The largest absolute Gasteiger partial charge is 0.306 e. The summed E-state index contributed by atoms with van der Waals surface area (Å²) in [5, 5.41) is 5.10. The van der Waals surface area contributed by atoms with Crippen LogP contribution >= 0.6 is 23.2 Å².